The Bertz CT molecular complexity index is 215. The number of aliphatic hydroxyl groups is 1. The van der Waals surface area contributed by atoms with Crippen molar-refractivity contribution in [3.8, 4) is 0 Å². The fourth-order valence-electron chi connectivity index (χ4n) is 1.00. The molecule has 0 spiro atoms. The van der Waals surface area contributed by atoms with Crippen LogP contribution in [0.15, 0.2) is 11.4 Å². The first-order chi connectivity index (χ1) is 5.18. The molecule has 0 aromatic carbocycles. The minimum atomic E-state index is -0.171. The highest BCUT2D eigenvalue weighted by Crippen LogP contribution is 2.14. The van der Waals surface area contributed by atoms with Gasteiger partial charge in [-0.3, -0.25) is 0 Å². The van der Waals surface area contributed by atoms with Gasteiger partial charge in [-0.25, -0.2) is 0 Å². The molecule has 11 heavy (non-hydrogen) atoms. The second-order valence-corrected chi connectivity index (χ2v) is 4.07. The van der Waals surface area contributed by atoms with Crippen molar-refractivity contribution in [3.05, 3.63) is 21.9 Å². The molecule has 1 unspecified atom stereocenters. The summed E-state index contributed by atoms with van der Waals surface area (Å²) in [5, 5.41) is 11.2. The van der Waals surface area contributed by atoms with Gasteiger partial charge in [0.1, 0.15) is 0 Å². The minimum absolute atomic E-state index is 0.171. The van der Waals surface area contributed by atoms with E-state index in [0.717, 1.165) is 12.8 Å². The molecule has 0 radical (unpaired) electrons. The van der Waals surface area contributed by atoms with E-state index in [9.17, 15) is 0 Å². The van der Waals surface area contributed by atoms with Crippen molar-refractivity contribution < 1.29 is 5.11 Å². The summed E-state index contributed by atoms with van der Waals surface area (Å²) in [6, 6.07) is 2.19. The molecule has 1 heterocycles. The smallest absolute Gasteiger partial charge is 0.0515 e. The van der Waals surface area contributed by atoms with E-state index in [1.807, 2.05) is 6.92 Å². The third-order valence-electron chi connectivity index (χ3n) is 1.64. The Balaban J connectivity index is 2.39. The van der Waals surface area contributed by atoms with Gasteiger partial charge in [0.15, 0.2) is 0 Å². The van der Waals surface area contributed by atoms with Gasteiger partial charge in [-0.05, 0) is 43.7 Å². The fourth-order valence-corrected chi connectivity index (χ4v) is 1.75. The Morgan fingerprint density at radius 1 is 1.64 bits per heavy atom. The standard InChI is InChI=1S/C9H14OS/c1-7(10)3-4-9-5-8(2)11-6-9/h5-7,10H,3-4H2,1-2H3. The third kappa shape index (κ3) is 3.04. The minimum Gasteiger partial charge on any atom is -0.393 e. The Kier molecular flexibility index (Phi) is 3.09. The molecule has 0 bridgehead atoms. The Morgan fingerprint density at radius 2 is 2.36 bits per heavy atom. The lowest BCUT2D eigenvalue weighted by molar-refractivity contribution is 0.185. The third-order valence-corrected chi connectivity index (χ3v) is 2.55. The molecule has 1 aromatic rings. The summed E-state index contributed by atoms with van der Waals surface area (Å²) >= 11 is 1.77. The molecular weight excluding hydrogens is 156 g/mol. The largest absolute Gasteiger partial charge is 0.393 e. The maximum absolute atomic E-state index is 9.02. The molecule has 1 N–H and O–H groups in total. The summed E-state index contributed by atoms with van der Waals surface area (Å²) in [7, 11) is 0. The average Bonchev–Trinajstić information content (AvgIpc) is 2.31. The maximum atomic E-state index is 9.02. The van der Waals surface area contributed by atoms with Crippen LogP contribution in [0.5, 0.6) is 0 Å². The van der Waals surface area contributed by atoms with Gasteiger partial charge in [0.05, 0.1) is 6.10 Å². The van der Waals surface area contributed by atoms with Crippen LogP contribution >= 0.6 is 11.3 Å². The van der Waals surface area contributed by atoms with Crippen LogP contribution in [-0.4, -0.2) is 11.2 Å². The molecule has 0 saturated heterocycles. The lowest BCUT2D eigenvalue weighted by Crippen LogP contribution is -2.00. The lowest BCUT2D eigenvalue weighted by Gasteiger charge is -2.00. The van der Waals surface area contributed by atoms with Crippen LogP contribution in [0, 0.1) is 6.92 Å². The van der Waals surface area contributed by atoms with Crippen LogP contribution in [0.25, 0.3) is 0 Å². The van der Waals surface area contributed by atoms with Gasteiger partial charge in [-0.15, -0.1) is 11.3 Å². The number of hydrogen-bond donors (Lipinski definition) is 1. The van der Waals surface area contributed by atoms with Crippen molar-refractivity contribution in [1.29, 1.82) is 0 Å². The van der Waals surface area contributed by atoms with E-state index in [-0.39, 0.29) is 6.10 Å². The number of aryl methyl sites for hydroxylation is 2. The van der Waals surface area contributed by atoms with Crippen molar-refractivity contribution in [2.75, 3.05) is 0 Å². The van der Waals surface area contributed by atoms with Crippen molar-refractivity contribution in [2.24, 2.45) is 0 Å². The maximum Gasteiger partial charge on any atom is 0.0515 e. The van der Waals surface area contributed by atoms with Crippen LogP contribution in [0.1, 0.15) is 23.8 Å². The van der Waals surface area contributed by atoms with Crippen molar-refractivity contribution in [3.63, 3.8) is 0 Å². The molecular formula is C9H14OS. The van der Waals surface area contributed by atoms with Crippen molar-refractivity contribution >= 4 is 11.3 Å². The highest BCUT2D eigenvalue weighted by atomic mass is 32.1. The fraction of sp³-hybridized carbons (Fsp3) is 0.556. The first kappa shape index (κ1) is 8.75. The van der Waals surface area contributed by atoms with E-state index < -0.39 is 0 Å². The van der Waals surface area contributed by atoms with Gasteiger partial charge in [-0.1, -0.05) is 0 Å². The van der Waals surface area contributed by atoms with Crippen molar-refractivity contribution in [1.82, 2.24) is 0 Å². The van der Waals surface area contributed by atoms with Crippen LogP contribution in [-0.2, 0) is 6.42 Å². The Hall–Kier alpha value is -0.340. The lowest BCUT2D eigenvalue weighted by atomic mass is 10.1. The van der Waals surface area contributed by atoms with Crippen LogP contribution in [0.3, 0.4) is 0 Å². The zero-order valence-electron chi connectivity index (χ0n) is 7.00. The molecule has 0 aliphatic heterocycles. The van der Waals surface area contributed by atoms with E-state index in [1.165, 1.54) is 10.4 Å². The summed E-state index contributed by atoms with van der Waals surface area (Å²) in [5.74, 6) is 0. The molecule has 0 aliphatic carbocycles. The summed E-state index contributed by atoms with van der Waals surface area (Å²) < 4.78 is 0. The van der Waals surface area contributed by atoms with Crippen LogP contribution < -0.4 is 0 Å². The zero-order chi connectivity index (χ0) is 8.27. The topological polar surface area (TPSA) is 20.2 Å². The quantitative estimate of drug-likeness (QED) is 0.738. The summed E-state index contributed by atoms with van der Waals surface area (Å²) in [5.41, 5.74) is 1.36. The number of hydrogen-bond acceptors (Lipinski definition) is 2. The predicted molar refractivity (Wildman–Crippen MR) is 49.1 cm³/mol. The molecule has 62 valence electrons. The number of thiophene rings is 1. The Morgan fingerprint density at radius 3 is 2.82 bits per heavy atom. The first-order valence-electron chi connectivity index (χ1n) is 3.90. The molecule has 0 fully saturated rings. The Labute approximate surface area is 71.7 Å². The molecule has 1 aromatic heterocycles. The molecule has 1 atom stereocenters. The van der Waals surface area contributed by atoms with E-state index >= 15 is 0 Å². The van der Waals surface area contributed by atoms with E-state index in [0.29, 0.717) is 0 Å². The highest BCUT2D eigenvalue weighted by molar-refractivity contribution is 7.10. The van der Waals surface area contributed by atoms with E-state index in [4.69, 9.17) is 5.11 Å². The van der Waals surface area contributed by atoms with Crippen LogP contribution in [0.4, 0.5) is 0 Å². The van der Waals surface area contributed by atoms with Gasteiger partial charge in [-0.2, -0.15) is 0 Å². The molecule has 0 saturated carbocycles. The summed E-state index contributed by atoms with van der Waals surface area (Å²) in [6.45, 7) is 3.94. The first-order valence-corrected chi connectivity index (χ1v) is 4.78. The molecule has 1 nitrogen and oxygen atoms in total. The monoisotopic (exact) mass is 170 g/mol. The second-order valence-electron chi connectivity index (χ2n) is 2.95. The average molecular weight is 170 g/mol. The van der Waals surface area contributed by atoms with Gasteiger partial charge in [0.25, 0.3) is 0 Å². The van der Waals surface area contributed by atoms with Crippen molar-refractivity contribution in [2.45, 2.75) is 32.8 Å². The summed E-state index contributed by atoms with van der Waals surface area (Å²) in [6.07, 6.45) is 1.70. The predicted octanol–water partition coefficient (Wildman–Crippen LogP) is 2.37. The van der Waals surface area contributed by atoms with E-state index in [2.05, 4.69) is 18.4 Å². The van der Waals surface area contributed by atoms with Gasteiger partial charge < -0.3 is 5.11 Å². The number of aliphatic hydroxyl groups excluding tert-OH is 1. The summed E-state index contributed by atoms with van der Waals surface area (Å²) in [4.78, 5) is 1.35. The normalized spacial score (nSPS) is 13.4. The zero-order valence-corrected chi connectivity index (χ0v) is 7.82. The van der Waals surface area contributed by atoms with Crippen LogP contribution in [0.2, 0.25) is 0 Å². The van der Waals surface area contributed by atoms with Gasteiger partial charge >= 0.3 is 0 Å². The van der Waals surface area contributed by atoms with Gasteiger partial charge in [0, 0.05) is 4.88 Å². The molecule has 2 heteroatoms. The molecule has 0 amide bonds. The molecule has 1 rings (SSSR count). The molecule has 0 aliphatic rings. The number of rotatable bonds is 3. The highest BCUT2D eigenvalue weighted by Gasteiger charge is 1.98. The van der Waals surface area contributed by atoms with Gasteiger partial charge in [0.2, 0.25) is 0 Å². The van der Waals surface area contributed by atoms with E-state index in [1.54, 1.807) is 11.3 Å². The second kappa shape index (κ2) is 3.88. The SMILES string of the molecule is Cc1cc(CCC(C)O)cs1.